The van der Waals surface area contributed by atoms with Crippen LogP contribution in [0.25, 0.3) is 0 Å². The number of aromatic nitrogens is 2. The Labute approximate surface area is 126 Å². The molecule has 0 amide bonds. The van der Waals surface area contributed by atoms with Gasteiger partial charge in [0, 0.05) is 0 Å². The van der Waals surface area contributed by atoms with Crippen LogP contribution in [0.2, 0.25) is 0 Å². The second-order valence-corrected chi connectivity index (χ2v) is 5.76. The van der Waals surface area contributed by atoms with E-state index in [0.717, 1.165) is 23.1 Å². The monoisotopic (exact) mass is 333 g/mol. The summed E-state index contributed by atoms with van der Waals surface area (Å²) < 4.78 is 29.4. The molecule has 10 heteroatoms. The van der Waals surface area contributed by atoms with E-state index < -0.39 is 12.6 Å². The van der Waals surface area contributed by atoms with Crippen molar-refractivity contribution in [2.45, 2.75) is 11.0 Å². The number of benzene rings is 1. The average molecular weight is 333 g/mol. The minimum absolute atomic E-state index is 0.0116. The Morgan fingerprint density at radius 2 is 2.19 bits per heavy atom. The van der Waals surface area contributed by atoms with Gasteiger partial charge in [-0.3, -0.25) is 4.79 Å². The van der Waals surface area contributed by atoms with Gasteiger partial charge in [-0.05, 0) is 12.1 Å². The number of nitrogens with zero attached hydrogens (tertiary/aromatic N) is 2. The van der Waals surface area contributed by atoms with Gasteiger partial charge < -0.3 is 15.2 Å². The fourth-order valence-corrected chi connectivity index (χ4v) is 2.81. The maximum absolute atomic E-state index is 12.3. The predicted octanol–water partition coefficient (Wildman–Crippen LogP) is 3.06. The van der Waals surface area contributed by atoms with E-state index in [1.165, 1.54) is 6.07 Å². The number of halogens is 2. The Hall–Kier alpha value is -1.94. The lowest BCUT2D eigenvalue weighted by Crippen LogP contribution is -2.04. The molecule has 1 aromatic carbocycles. The van der Waals surface area contributed by atoms with Gasteiger partial charge in [-0.1, -0.05) is 35.2 Å². The first kappa shape index (κ1) is 15.4. The van der Waals surface area contributed by atoms with Crippen molar-refractivity contribution >= 4 is 39.9 Å². The molecule has 2 aromatic rings. The molecule has 112 valence electrons. The van der Waals surface area contributed by atoms with Crippen LogP contribution < -0.4 is 10.1 Å². The van der Waals surface area contributed by atoms with Crippen LogP contribution in [-0.2, 0) is 4.79 Å². The number of para-hydroxylation sites is 2. The predicted molar refractivity (Wildman–Crippen MR) is 74.6 cm³/mol. The molecular weight excluding hydrogens is 324 g/mol. The molecule has 0 atom stereocenters. The Bertz CT molecular complexity index is 624. The van der Waals surface area contributed by atoms with E-state index in [1.54, 1.807) is 18.2 Å². The minimum Gasteiger partial charge on any atom is -0.481 e. The number of thioether (sulfide) groups is 1. The van der Waals surface area contributed by atoms with Crippen molar-refractivity contribution in [1.82, 2.24) is 10.2 Å². The van der Waals surface area contributed by atoms with E-state index >= 15 is 0 Å². The summed E-state index contributed by atoms with van der Waals surface area (Å²) in [6.45, 7) is -2.93. The number of ether oxygens (including phenoxy) is 1. The largest absolute Gasteiger partial charge is 0.481 e. The van der Waals surface area contributed by atoms with E-state index in [2.05, 4.69) is 20.3 Å². The summed E-state index contributed by atoms with van der Waals surface area (Å²) in [6.07, 6.45) is 0. The van der Waals surface area contributed by atoms with Crippen molar-refractivity contribution < 1.29 is 23.4 Å². The molecule has 0 unspecified atom stereocenters. The first-order chi connectivity index (χ1) is 10.0. The van der Waals surface area contributed by atoms with Gasteiger partial charge in [-0.2, -0.15) is 8.78 Å². The third-order valence-electron chi connectivity index (χ3n) is 2.07. The number of hydrogen-bond acceptors (Lipinski definition) is 7. The second kappa shape index (κ2) is 7.18. The lowest BCUT2D eigenvalue weighted by atomic mass is 10.3. The quantitative estimate of drug-likeness (QED) is 0.753. The van der Waals surface area contributed by atoms with E-state index in [4.69, 9.17) is 5.11 Å². The fourth-order valence-electron chi connectivity index (χ4n) is 1.33. The van der Waals surface area contributed by atoms with E-state index in [-0.39, 0.29) is 11.5 Å². The summed E-state index contributed by atoms with van der Waals surface area (Å²) >= 11 is 2.15. The fraction of sp³-hybridized carbons (Fsp3) is 0.182. The van der Waals surface area contributed by atoms with Crippen LogP contribution in [0.1, 0.15) is 0 Å². The second-order valence-electron chi connectivity index (χ2n) is 3.56. The highest BCUT2D eigenvalue weighted by Gasteiger charge is 2.12. The Kier molecular flexibility index (Phi) is 5.28. The molecule has 0 radical (unpaired) electrons. The summed E-state index contributed by atoms with van der Waals surface area (Å²) in [5, 5.41) is 19.3. The van der Waals surface area contributed by atoms with Crippen molar-refractivity contribution in [2.75, 3.05) is 11.1 Å². The van der Waals surface area contributed by atoms with Crippen LogP contribution in [0.3, 0.4) is 0 Å². The van der Waals surface area contributed by atoms with Gasteiger partial charge in [0.1, 0.15) is 5.75 Å². The van der Waals surface area contributed by atoms with E-state index in [0.29, 0.717) is 15.2 Å². The number of hydrogen-bond donors (Lipinski definition) is 2. The molecule has 0 bridgehead atoms. The third kappa shape index (κ3) is 4.83. The Morgan fingerprint density at radius 1 is 1.43 bits per heavy atom. The molecule has 0 aliphatic heterocycles. The molecule has 1 aromatic heterocycles. The van der Waals surface area contributed by atoms with E-state index in [9.17, 15) is 13.6 Å². The number of alkyl halides is 2. The summed E-state index contributed by atoms with van der Waals surface area (Å²) in [5.41, 5.74) is 0.323. The van der Waals surface area contributed by atoms with Gasteiger partial charge in [0.2, 0.25) is 5.13 Å². The molecule has 0 spiro atoms. The number of nitrogens with one attached hydrogen (secondary N) is 1. The Balaban J connectivity index is 2.06. The van der Waals surface area contributed by atoms with Crippen molar-refractivity contribution in [3.8, 4) is 5.75 Å². The topological polar surface area (TPSA) is 84.3 Å². The highest BCUT2D eigenvalue weighted by atomic mass is 32.2. The first-order valence-electron chi connectivity index (χ1n) is 5.53. The van der Waals surface area contributed by atoms with Crippen LogP contribution in [0.15, 0.2) is 28.6 Å². The number of carboxylic acid groups (broad SMARTS) is 1. The molecule has 0 aliphatic rings. The smallest absolute Gasteiger partial charge is 0.387 e. The molecular formula is C11H9F2N3O3S2. The van der Waals surface area contributed by atoms with Crippen molar-refractivity contribution in [2.24, 2.45) is 0 Å². The third-order valence-corrected chi connectivity index (χ3v) is 4.03. The lowest BCUT2D eigenvalue weighted by Gasteiger charge is -2.10. The molecule has 6 nitrogen and oxygen atoms in total. The number of carboxylic acids is 1. The number of carbonyl (C=O) groups is 1. The molecule has 0 aliphatic carbocycles. The highest BCUT2D eigenvalue weighted by molar-refractivity contribution is 8.01. The van der Waals surface area contributed by atoms with Crippen molar-refractivity contribution in [1.29, 1.82) is 0 Å². The van der Waals surface area contributed by atoms with Crippen molar-refractivity contribution in [3.05, 3.63) is 24.3 Å². The van der Waals surface area contributed by atoms with Crippen LogP contribution in [0.4, 0.5) is 19.6 Å². The van der Waals surface area contributed by atoms with Gasteiger partial charge in [0.25, 0.3) is 0 Å². The van der Waals surface area contributed by atoms with Crippen LogP contribution in [0.5, 0.6) is 5.75 Å². The summed E-state index contributed by atoms with van der Waals surface area (Å²) in [4.78, 5) is 10.5. The standard InChI is InChI=1S/C11H9F2N3O3S2/c12-9(13)19-7-4-2-1-3-6(7)14-10-15-16-11(21-10)20-5-8(17)18/h1-4,9H,5H2,(H,14,15)(H,17,18). The maximum atomic E-state index is 12.3. The van der Waals surface area contributed by atoms with Gasteiger partial charge in [-0.15, -0.1) is 10.2 Å². The molecule has 2 N–H and O–H groups in total. The summed E-state index contributed by atoms with van der Waals surface area (Å²) in [7, 11) is 0. The van der Waals surface area contributed by atoms with Crippen LogP contribution in [0, 0.1) is 0 Å². The van der Waals surface area contributed by atoms with E-state index in [1.807, 2.05) is 0 Å². The van der Waals surface area contributed by atoms with Crippen LogP contribution in [-0.4, -0.2) is 33.6 Å². The minimum atomic E-state index is -2.93. The molecule has 0 saturated heterocycles. The van der Waals surface area contributed by atoms with Gasteiger partial charge in [0.05, 0.1) is 11.4 Å². The summed E-state index contributed by atoms with van der Waals surface area (Å²) in [6, 6.07) is 6.18. The number of anilines is 2. The zero-order valence-electron chi connectivity index (χ0n) is 10.3. The molecule has 0 saturated carbocycles. The Morgan fingerprint density at radius 3 is 2.90 bits per heavy atom. The van der Waals surface area contributed by atoms with Gasteiger partial charge in [-0.25, -0.2) is 0 Å². The zero-order valence-corrected chi connectivity index (χ0v) is 12.0. The number of rotatable bonds is 7. The zero-order chi connectivity index (χ0) is 15.2. The SMILES string of the molecule is O=C(O)CSc1nnc(Nc2ccccc2OC(F)F)s1. The normalized spacial score (nSPS) is 10.6. The van der Waals surface area contributed by atoms with Gasteiger partial charge in [0.15, 0.2) is 4.34 Å². The highest BCUT2D eigenvalue weighted by Crippen LogP contribution is 2.32. The first-order valence-corrected chi connectivity index (χ1v) is 7.34. The summed E-state index contributed by atoms with van der Waals surface area (Å²) in [5.74, 6) is -1.09. The maximum Gasteiger partial charge on any atom is 0.387 e. The molecule has 21 heavy (non-hydrogen) atoms. The molecule has 2 rings (SSSR count). The number of aliphatic carboxylic acids is 1. The molecule has 1 heterocycles. The lowest BCUT2D eigenvalue weighted by molar-refractivity contribution is -0.133. The van der Waals surface area contributed by atoms with Crippen LogP contribution >= 0.6 is 23.1 Å². The van der Waals surface area contributed by atoms with Crippen molar-refractivity contribution in [3.63, 3.8) is 0 Å². The van der Waals surface area contributed by atoms with Gasteiger partial charge >= 0.3 is 12.6 Å². The molecule has 0 fully saturated rings. The average Bonchev–Trinajstić information content (AvgIpc) is 2.86.